The van der Waals surface area contributed by atoms with Crippen molar-refractivity contribution >= 4 is 11.2 Å². The van der Waals surface area contributed by atoms with Gasteiger partial charge in [-0.1, -0.05) is 12.8 Å². The number of nitrogens with zero attached hydrogens (tertiary/aromatic N) is 2. The zero-order valence-corrected chi connectivity index (χ0v) is 9.10. The van der Waals surface area contributed by atoms with E-state index in [-0.39, 0.29) is 12.0 Å². The van der Waals surface area contributed by atoms with Gasteiger partial charge in [0.2, 0.25) is 5.89 Å². The highest BCUT2D eigenvalue weighted by atomic mass is 16.3. The van der Waals surface area contributed by atoms with Gasteiger partial charge in [0.25, 0.3) is 0 Å². The summed E-state index contributed by atoms with van der Waals surface area (Å²) in [5.74, 6) is 1.03. The third kappa shape index (κ3) is 1.59. The smallest absolute Gasteiger partial charge is 0.201 e. The molecule has 2 heterocycles. The maximum Gasteiger partial charge on any atom is 0.201 e. The van der Waals surface area contributed by atoms with Crippen molar-refractivity contribution in [3.8, 4) is 0 Å². The molecule has 4 nitrogen and oxygen atoms in total. The second-order valence-electron chi connectivity index (χ2n) is 4.43. The molecule has 3 rings (SSSR count). The van der Waals surface area contributed by atoms with Crippen molar-refractivity contribution in [2.24, 2.45) is 5.73 Å². The summed E-state index contributed by atoms with van der Waals surface area (Å²) in [5.41, 5.74) is 7.56. The molecule has 0 radical (unpaired) electrons. The van der Waals surface area contributed by atoms with E-state index >= 15 is 0 Å². The van der Waals surface area contributed by atoms with Crippen LogP contribution in [0.15, 0.2) is 22.7 Å². The fourth-order valence-electron chi connectivity index (χ4n) is 2.41. The number of pyridine rings is 1. The lowest BCUT2D eigenvalue weighted by atomic mass is 9.85. The number of aromatic nitrogens is 2. The topological polar surface area (TPSA) is 64.9 Å². The van der Waals surface area contributed by atoms with Crippen LogP contribution in [0.25, 0.3) is 11.2 Å². The van der Waals surface area contributed by atoms with Gasteiger partial charge in [-0.25, -0.2) is 4.98 Å². The lowest BCUT2D eigenvalue weighted by Crippen LogP contribution is -2.31. The monoisotopic (exact) mass is 217 g/mol. The van der Waals surface area contributed by atoms with Crippen LogP contribution in [0, 0.1) is 0 Å². The molecule has 0 amide bonds. The number of fused-ring (bicyclic) bond motifs is 1. The van der Waals surface area contributed by atoms with E-state index in [4.69, 9.17) is 10.2 Å². The van der Waals surface area contributed by atoms with E-state index in [2.05, 4.69) is 9.97 Å². The first-order valence-electron chi connectivity index (χ1n) is 5.81. The van der Waals surface area contributed by atoms with Crippen molar-refractivity contribution in [3.05, 3.63) is 24.2 Å². The molecule has 2 atom stereocenters. The Morgan fingerprint density at radius 1 is 1.31 bits per heavy atom. The summed E-state index contributed by atoms with van der Waals surface area (Å²) in [7, 11) is 0. The van der Waals surface area contributed by atoms with Crippen molar-refractivity contribution in [2.75, 3.05) is 0 Å². The van der Waals surface area contributed by atoms with E-state index in [1.54, 1.807) is 6.20 Å². The second kappa shape index (κ2) is 3.87. The normalized spacial score (nSPS) is 26.1. The number of nitrogens with two attached hydrogens (primary N) is 1. The first-order valence-corrected chi connectivity index (χ1v) is 5.81. The van der Waals surface area contributed by atoms with Crippen LogP contribution in [0.2, 0.25) is 0 Å². The van der Waals surface area contributed by atoms with Gasteiger partial charge < -0.3 is 10.2 Å². The van der Waals surface area contributed by atoms with Gasteiger partial charge in [-0.2, -0.15) is 4.98 Å². The van der Waals surface area contributed by atoms with Crippen LogP contribution < -0.4 is 5.73 Å². The molecule has 0 aliphatic heterocycles. The Bertz CT molecular complexity index is 461. The van der Waals surface area contributed by atoms with Crippen molar-refractivity contribution in [3.63, 3.8) is 0 Å². The van der Waals surface area contributed by atoms with Gasteiger partial charge in [0.05, 0.1) is 5.92 Å². The third-order valence-corrected chi connectivity index (χ3v) is 3.32. The average Bonchev–Trinajstić information content (AvgIpc) is 2.73. The Labute approximate surface area is 93.9 Å². The SMILES string of the molecule is NC1CCCCC1c1nc2ncccc2o1. The minimum Gasteiger partial charge on any atom is -0.439 e. The molecule has 84 valence electrons. The van der Waals surface area contributed by atoms with E-state index < -0.39 is 0 Å². The highest BCUT2D eigenvalue weighted by molar-refractivity contribution is 5.67. The van der Waals surface area contributed by atoms with Crippen LogP contribution in [-0.2, 0) is 0 Å². The minimum absolute atomic E-state index is 0.182. The van der Waals surface area contributed by atoms with Crippen LogP contribution in [0.5, 0.6) is 0 Å². The standard InChI is InChI=1S/C12H15N3O/c13-9-5-2-1-4-8(9)12-15-11-10(16-12)6-3-7-14-11/h3,6-9H,1-2,4-5,13H2. The molecule has 2 aromatic rings. The van der Waals surface area contributed by atoms with E-state index in [1.807, 2.05) is 12.1 Å². The Hall–Kier alpha value is -1.42. The third-order valence-electron chi connectivity index (χ3n) is 3.32. The van der Waals surface area contributed by atoms with Gasteiger partial charge in [0.15, 0.2) is 11.2 Å². The maximum atomic E-state index is 6.11. The van der Waals surface area contributed by atoms with Gasteiger partial charge in [0, 0.05) is 12.2 Å². The van der Waals surface area contributed by atoms with Crippen LogP contribution >= 0.6 is 0 Å². The molecular formula is C12H15N3O. The summed E-state index contributed by atoms with van der Waals surface area (Å²) in [6, 6.07) is 3.94. The molecule has 1 aliphatic carbocycles. The Morgan fingerprint density at radius 2 is 2.19 bits per heavy atom. The zero-order chi connectivity index (χ0) is 11.0. The molecular weight excluding hydrogens is 202 g/mol. The highest BCUT2D eigenvalue weighted by Gasteiger charge is 2.27. The Kier molecular flexibility index (Phi) is 2.36. The molecule has 0 bridgehead atoms. The molecule has 2 unspecified atom stereocenters. The van der Waals surface area contributed by atoms with Gasteiger partial charge in [-0.05, 0) is 25.0 Å². The van der Waals surface area contributed by atoms with Crippen molar-refractivity contribution in [1.29, 1.82) is 0 Å². The first-order chi connectivity index (χ1) is 7.84. The van der Waals surface area contributed by atoms with Crippen molar-refractivity contribution < 1.29 is 4.42 Å². The molecule has 0 aromatic carbocycles. The summed E-state index contributed by atoms with van der Waals surface area (Å²) in [4.78, 5) is 8.61. The van der Waals surface area contributed by atoms with Crippen molar-refractivity contribution in [2.45, 2.75) is 37.6 Å². The van der Waals surface area contributed by atoms with Crippen LogP contribution in [0.3, 0.4) is 0 Å². The lowest BCUT2D eigenvalue weighted by molar-refractivity contribution is 0.332. The molecule has 2 N–H and O–H groups in total. The minimum atomic E-state index is 0.182. The molecule has 4 heteroatoms. The predicted octanol–water partition coefficient (Wildman–Crippen LogP) is 2.21. The highest BCUT2D eigenvalue weighted by Crippen LogP contribution is 2.32. The van der Waals surface area contributed by atoms with Gasteiger partial charge in [-0.3, -0.25) is 0 Å². The lowest BCUT2D eigenvalue weighted by Gasteiger charge is -2.25. The summed E-state index contributed by atoms with van der Waals surface area (Å²) in [6.45, 7) is 0. The summed E-state index contributed by atoms with van der Waals surface area (Å²) < 4.78 is 5.72. The quantitative estimate of drug-likeness (QED) is 0.795. The van der Waals surface area contributed by atoms with Gasteiger partial charge in [0.1, 0.15) is 0 Å². The van der Waals surface area contributed by atoms with Gasteiger partial charge >= 0.3 is 0 Å². The fourth-order valence-corrected chi connectivity index (χ4v) is 2.41. The Morgan fingerprint density at radius 3 is 3.00 bits per heavy atom. The van der Waals surface area contributed by atoms with Crippen molar-refractivity contribution in [1.82, 2.24) is 9.97 Å². The van der Waals surface area contributed by atoms with E-state index in [0.717, 1.165) is 24.3 Å². The molecule has 16 heavy (non-hydrogen) atoms. The molecule has 1 saturated carbocycles. The number of hydrogen-bond acceptors (Lipinski definition) is 4. The number of oxazole rings is 1. The molecule has 0 saturated heterocycles. The molecule has 1 fully saturated rings. The zero-order valence-electron chi connectivity index (χ0n) is 9.10. The summed E-state index contributed by atoms with van der Waals surface area (Å²) in [6.07, 6.45) is 6.31. The number of rotatable bonds is 1. The van der Waals surface area contributed by atoms with Crippen LogP contribution in [-0.4, -0.2) is 16.0 Å². The van der Waals surface area contributed by atoms with E-state index in [9.17, 15) is 0 Å². The maximum absolute atomic E-state index is 6.11. The molecule has 1 aliphatic rings. The fraction of sp³-hybridized carbons (Fsp3) is 0.500. The van der Waals surface area contributed by atoms with E-state index in [1.165, 1.54) is 12.8 Å². The first kappa shape index (κ1) is 9.78. The van der Waals surface area contributed by atoms with Crippen LogP contribution in [0.4, 0.5) is 0 Å². The molecule has 0 spiro atoms. The second-order valence-corrected chi connectivity index (χ2v) is 4.43. The molecule has 2 aromatic heterocycles. The average molecular weight is 217 g/mol. The largest absolute Gasteiger partial charge is 0.439 e. The number of hydrogen-bond donors (Lipinski definition) is 1. The Balaban J connectivity index is 1.98. The van der Waals surface area contributed by atoms with E-state index in [0.29, 0.717) is 5.65 Å². The van der Waals surface area contributed by atoms with Gasteiger partial charge in [-0.15, -0.1) is 0 Å². The predicted molar refractivity (Wildman–Crippen MR) is 61.0 cm³/mol. The summed E-state index contributed by atoms with van der Waals surface area (Å²) >= 11 is 0. The van der Waals surface area contributed by atoms with Crippen LogP contribution in [0.1, 0.15) is 37.5 Å². The summed E-state index contributed by atoms with van der Waals surface area (Å²) in [5, 5.41) is 0.